The van der Waals surface area contributed by atoms with Crippen molar-refractivity contribution in [2.45, 2.75) is 40.7 Å². The van der Waals surface area contributed by atoms with Gasteiger partial charge >= 0.3 is 0 Å². The van der Waals surface area contributed by atoms with E-state index in [1.165, 1.54) is 0 Å². The minimum atomic E-state index is 0.0833. The van der Waals surface area contributed by atoms with Crippen molar-refractivity contribution >= 4 is 5.78 Å². The van der Waals surface area contributed by atoms with E-state index in [-0.39, 0.29) is 5.78 Å². The quantitative estimate of drug-likeness (QED) is 0.698. The smallest absolute Gasteiger partial charge is 0.184 e. The highest BCUT2D eigenvalue weighted by Crippen LogP contribution is 2.07. The molecule has 0 atom stereocenters. The zero-order valence-electron chi connectivity index (χ0n) is 9.90. The number of rotatable bonds is 5. The van der Waals surface area contributed by atoms with E-state index >= 15 is 0 Å². The summed E-state index contributed by atoms with van der Waals surface area (Å²) < 4.78 is 1.73. The summed E-state index contributed by atoms with van der Waals surface area (Å²) in [5.41, 5.74) is 0.490. The molecule has 1 aromatic rings. The Hall–Kier alpha value is -1.19. The summed E-state index contributed by atoms with van der Waals surface area (Å²) in [6.45, 7) is 9.07. The molecular formula is C11H19N3O. The Labute approximate surface area is 90.7 Å². The van der Waals surface area contributed by atoms with Crippen LogP contribution < -0.4 is 0 Å². The number of carbonyl (C=O) groups is 1. The first-order chi connectivity index (χ1) is 6.99. The van der Waals surface area contributed by atoms with Gasteiger partial charge in [-0.1, -0.05) is 32.9 Å². The van der Waals surface area contributed by atoms with Crippen LogP contribution >= 0.6 is 0 Å². The maximum absolute atomic E-state index is 11.6. The number of hydrogen-bond donors (Lipinski definition) is 0. The largest absolute Gasteiger partial charge is 0.292 e. The number of nitrogens with zero attached hydrogens (tertiary/aromatic N) is 3. The highest BCUT2D eigenvalue weighted by atomic mass is 16.1. The maximum Gasteiger partial charge on any atom is 0.184 e. The van der Waals surface area contributed by atoms with Gasteiger partial charge in [-0.05, 0) is 11.8 Å². The third kappa shape index (κ3) is 3.81. The fraction of sp³-hybridized carbons (Fsp3) is 0.727. The normalized spacial score (nSPS) is 11.3. The molecule has 0 N–H and O–H groups in total. The summed E-state index contributed by atoms with van der Waals surface area (Å²) in [6, 6.07) is 0. The second kappa shape index (κ2) is 5.05. The zero-order chi connectivity index (χ0) is 11.4. The lowest BCUT2D eigenvalue weighted by Crippen LogP contribution is -2.05. The third-order valence-corrected chi connectivity index (χ3v) is 1.97. The summed E-state index contributed by atoms with van der Waals surface area (Å²) in [5.74, 6) is 0.965. The van der Waals surface area contributed by atoms with E-state index in [0.717, 1.165) is 6.54 Å². The Kier molecular flexibility index (Phi) is 4.00. The molecule has 0 amide bonds. The first kappa shape index (κ1) is 11.9. The van der Waals surface area contributed by atoms with Gasteiger partial charge in [-0.25, -0.2) is 0 Å². The number of hydrogen-bond acceptors (Lipinski definition) is 3. The van der Waals surface area contributed by atoms with Gasteiger partial charge in [0.1, 0.15) is 5.69 Å². The maximum atomic E-state index is 11.6. The van der Waals surface area contributed by atoms with Crippen molar-refractivity contribution in [3.8, 4) is 0 Å². The van der Waals surface area contributed by atoms with E-state index < -0.39 is 0 Å². The first-order valence-electron chi connectivity index (χ1n) is 5.42. The molecule has 0 aliphatic carbocycles. The lowest BCUT2D eigenvalue weighted by molar-refractivity contribution is 0.0963. The van der Waals surface area contributed by atoms with Crippen molar-refractivity contribution in [1.29, 1.82) is 0 Å². The summed E-state index contributed by atoms with van der Waals surface area (Å²) in [4.78, 5) is 11.6. The molecule has 0 radical (unpaired) electrons. The van der Waals surface area contributed by atoms with E-state index in [9.17, 15) is 4.79 Å². The van der Waals surface area contributed by atoms with Crippen LogP contribution in [0, 0.1) is 11.8 Å². The highest BCUT2D eigenvalue weighted by molar-refractivity contribution is 5.93. The molecule has 0 aliphatic heterocycles. The van der Waals surface area contributed by atoms with Crippen molar-refractivity contribution in [3.05, 3.63) is 11.9 Å². The molecule has 4 heteroatoms. The van der Waals surface area contributed by atoms with E-state index in [4.69, 9.17) is 0 Å². The predicted octanol–water partition coefficient (Wildman–Crippen LogP) is 2.16. The molecular weight excluding hydrogens is 190 g/mol. The van der Waals surface area contributed by atoms with Crippen LogP contribution in [0.25, 0.3) is 0 Å². The van der Waals surface area contributed by atoms with Gasteiger partial charge in [-0.3, -0.25) is 9.48 Å². The fourth-order valence-corrected chi connectivity index (χ4v) is 1.36. The lowest BCUT2D eigenvalue weighted by atomic mass is 10.1. The lowest BCUT2D eigenvalue weighted by Gasteiger charge is -2.02. The molecule has 0 unspecified atom stereocenters. The highest BCUT2D eigenvalue weighted by Gasteiger charge is 2.12. The average molecular weight is 209 g/mol. The number of aromatic nitrogens is 3. The SMILES string of the molecule is CC(C)CC(=O)c1cn(CC(C)C)nn1. The molecule has 0 fully saturated rings. The van der Waals surface area contributed by atoms with Crippen molar-refractivity contribution in [2.24, 2.45) is 11.8 Å². The number of carbonyl (C=O) groups excluding carboxylic acids is 1. The Balaban J connectivity index is 2.63. The molecule has 0 bridgehead atoms. The molecule has 0 spiro atoms. The van der Waals surface area contributed by atoms with E-state index in [2.05, 4.69) is 24.2 Å². The van der Waals surface area contributed by atoms with Gasteiger partial charge in [0.25, 0.3) is 0 Å². The minimum absolute atomic E-state index is 0.0833. The Morgan fingerprint density at radius 3 is 2.53 bits per heavy atom. The van der Waals surface area contributed by atoms with Crippen LogP contribution in [-0.4, -0.2) is 20.8 Å². The predicted molar refractivity (Wildman–Crippen MR) is 58.6 cm³/mol. The van der Waals surface area contributed by atoms with E-state index in [1.54, 1.807) is 10.9 Å². The van der Waals surface area contributed by atoms with E-state index in [1.807, 2.05) is 13.8 Å². The van der Waals surface area contributed by atoms with Gasteiger partial charge in [0.2, 0.25) is 0 Å². The minimum Gasteiger partial charge on any atom is -0.292 e. The first-order valence-corrected chi connectivity index (χ1v) is 5.42. The average Bonchev–Trinajstić information content (AvgIpc) is 2.50. The second-order valence-corrected chi connectivity index (χ2v) is 4.74. The van der Waals surface area contributed by atoms with Gasteiger partial charge in [-0.2, -0.15) is 0 Å². The van der Waals surface area contributed by atoms with E-state index in [0.29, 0.717) is 24.0 Å². The molecule has 1 aromatic heterocycles. The number of Topliss-reactive ketones (excluding diaryl/α,β-unsaturated/α-hetero) is 1. The molecule has 1 heterocycles. The topological polar surface area (TPSA) is 47.8 Å². The van der Waals surface area contributed by atoms with Crippen LogP contribution in [0.5, 0.6) is 0 Å². The van der Waals surface area contributed by atoms with Crippen molar-refractivity contribution in [3.63, 3.8) is 0 Å². The Morgan fingerprint density at radius 1 is 1.33 bits per heavy atom. The van der Waals surface area contributed by atoms with Crippen LogP contribution in [0.15, 0.2) is 6.20 Å². The number of ketones is 1. The Morgan fingerprint density at radius 2 is 2.00 bits per heavy atom. The molecule has 1 rings (SSSR count). The van der Waals surface area contributed by atoms with Gasteiger partial charge in [-0.15, -0.1) is 5.10 Å². The monoisotopic (exact) mass is 209 g/mol. The summed E-state index contributed by atoms with van der Waals surface area (Å²) in [5, 5.41) is 7.82. The molecule has 0 saturated carbocycles. The van der Waals surface area contributed by atoms with Gasteiger partial charge in [0.15, 0.2) is 5.78 Å². The van der Waals surface area contributed by atoms with Crippen molar-refractivity contribution in [1.82, 2.24) is 15.0 Å². The van der Waals surface area contributed by atoms with Gasteiger partial charge in [0.05, 0.1) is 6.20 Å². The van der Waals surface area contributed by atoms with Gasteiger partial charge in [0, 0.05) is 13.0 Å². The van der Waals surface area contributed by atoms with Crippen molar-refractivity contribution < 1.29 is 4.79 Å². The molecule has 0 saturated heterocycles. The van der Waals surface area contributed by atoms with Crippen LogP contribution in [-0.2, 0) is 6.54 Å². The van der Waals surface area contributed by atoms with Gasteiger partial charge < -0.3 is 0 Å². The molecule has 0 aliphatic rings. The molecule has 4 nitrogen and oxygen atoms in total. The van der Waals surface area contributed by atoms with Crippen LogP contribution in [0.1, 0.15) is 44.6 Å². The summed E-state index contributed by atoms with van der Waals surface area (Å²) >= 11 is 0. The summed E-state index contributed by atoms with van der Waals surface area (Å²) in [7, 11) is 0. The third-order valence-electron chi connectivity index (χ3n) is 1.97. The molecule has 15 heavy (non-hydrogen) atoms. The van der Waals surface area contributed by atoms with Crippen LogP contribution in [0.2, 0.25) is 0 Å². The standard InChI is InChI=1S/C11H19N3O/c1-8(2)5-11(15)10-7-14(13-12-10)6-9(3)4/h7-9H,5-6H2,1-4H3. The van der Waals surface area contributed by atoms with Crippen molar-refractivity contribution in [2.75, 3.05) is 0 Å². The van der Waals surface area contributed by atoms with Crippen LogP contribution in [0.4, 0.5) is 0 Å². The Bertz CT molecular complexity index is 328. The fourth-order valence-electron chi connectivity index (χ4n) is 1.36. The molecule has 84 valence electrons. The second-order valence-electron chi connectivity index (χ2n) is 4.74. The molecule has 0 aromatic carbocycles. The van der Waals surface area contributed by atoms with Crippen LogP contribution in [0.3, 0.4) is 0 Å². The zero-order valence-corrected chi connectivity index (χ0v) is 9.90. The summed E-state index contributed by atoms with van der Waals surface area (Å²) in [6.07, 6.45) is 2.28.